The summed E-state index contributed by atoms with van der Waals surface area (Å²) in [5, 5.41) is 39.0. The molecule has 3 amide bonds. The summed E-state index contributed by atoms with van der Waals surface area (Å²) < 4.78 is 0. The topological polar surface area (TPSA) is 174 Å². The van der Waals surface area contributed by atoms with Crippen LogP contribution in [-0.2, 0) is 14.4 Å². The van der Waals surface area contributed by atoms with Crippen LogP contribution in [0.4, 0.5) is 0 Å². The van der Waals surface area contributed by atoms with Crippen LogP contribution in [0.15, 0.2) is 0 Å². The van der Waals surface area contributed by atoms with Crippen molar-refractivity contribution >= 4 is 17.7 Å². The van der Waals surface area contributed by atoms with Gasteiger partial charge in [-0.2, -0.15) is 0 Å². The number of hydrogen-bond donors (Lipinski definition) is 7. The second kappa shape index (κ2) is 13.2. The molecule has 0 aromatic carbocycles. The lowest BCUT2D eigenvalue weighted by Gasteiger charge is -2.43. The first kappa shape index (κ1) is 31.2. The maximum absolute atomic E-state index is 13.2. The van der Waals surface area contributed by atoms with Crippen LogP contribution in [0, 0.1) is 17.8 Å². The van der Waals surface area contributed by atoms with Gasteiger partial charge >= 0.3 is 0 Å². The van der Waals surface area contributed by atoms with E-state index in [4.69, 9.17) is 5.73 Å². The quantitative estimate of drug-likeness (QED) is 0.173. The van der Waals surface area contributed by atoms with Gasteiger partial charge < -0.3 is 37.0 Å². The second-order valence-corrected chi connectivity index (χ2v) is 10.6. The van der Waals surface area contributed by atoms with E-state index in [2.05, 4.69) is 16.0 Å². The SMILES string of the molecule is CC(=O)N[C@@H](CC(C)C)C(=O)N[C@@H](CC(C)C)C(=O)N[C@@H](CC(C)C)C(O)(O)[C@@](C)(N)CO. The Morgan fingerprint density at radius 2 is 1.18 bits per heavy atom. The monoisotopic (exact) mass is 474 g/mol. The fourth-order valence-electron chi connectivity index (χ4n) is 3.51. The fourth-order valence-corrected chi connectivity index (χ4v) is 3.51. The van der Waals surface area contributed by atoms with Gasteiger partial charge in [0.15, 0.2) is 0 Å². The lowest BCUT2D eigenvalue weighted by Crippen LogP contribution is -2.71. The van der Waals surface area contributed by atoms with Gasteiger partial charge in [0.25, 0.3) is 0 Å². The van der Waals surface area contributed by atoms with E-state index in [9.17, 15) is 29.7 Å². The van der Waals surface area contributed by atoms with Gasteiger partial charge in [-0.1, -0.05) is 41.5 Å². The van der Waals surface area contributed by atoms with E-state index in [1.54, 1.807) is 0 Å². The van der Waals surface area contributed by atoms with Crippen LogP contribution in [0.2, 0.25) is 0 Å². The van der Waals surface area contributed by atoms with Gasteiger partial charge in [0, 0.05) is 6.92 Å². The van der Waals surface area contributed by atoms with Crippen molar-refractivity contribution in [3.63, 3.8) is 0 Å². The zero-order valence-electron chi connectivity index (χ0n) is 21.4. The number of nitrogens with two attached hydrogens (primary N) is 1. The minimum Gasteiger partial charge on any atom is -0.394 e. The average molecular weight is 475 g/mol. The highest BCUT2D eigenvalue weighted by atomic mass is 16.5. The van der Waals surface area contributed by atoms with Crippen LogP contribution in [-0.4, -0.2) is 69.1 Å². The molecule has 10 heteroatoms. The second-order valence-electron chi connectivity index (χ2n) is 10.6. The molecule has 0 radical (unpaired) electrons. The Labute approximate surface area is 198 Å². The van der Waals surface area contributed by atoms with Gasteiger partial charge in [-0.25, -0.2) is 0 Å². The van der Waals surface area contributed by atoms with Crippen LogP contribution in [0.1, 0.15) is 74.7 Å². The van der Waals surface area contributed by atoms with Gasteiger partial charge in [0.2, 0.25) is 23.5 Å². The first-order valence-electron chi connectivity index (χ1n) is 11.7. The van der Waals surface area contributed by atoms with Crippen molar-refractivity contribution in [2.45, 2.75) is 104 Å². The molecule has 0 unspecified atom stereocenters. The Morgan fingerprint density at radius 1 is 0.788 bits per heavy atom. The molecule has 0 fully saturated rings. The number of hydrogen-bond acceptors (Lipinski definition) is 7. The summed E-state index contributed by atoms with van der Waals surface area (Å²) in [5.41, 5.74) is 4.10. The molecule has 0 saturated heterocycles. The van der Waals surface area contributed by atoms with Crippen molar-refractivity contribution in [3.05, 3.63) is 0 Å². The number of amides is 3. The van der Waals surface area contributed by atoms with Crippen LogP contribution >= 0.6 is 0 Å². The lowest BCUT2D eigenvalue weighted by atomic mass is 9.83. The molecule has 0 aliphatic heterocycles. The minimum absolute atomic E-state index is 0.0307. The molecule has 0 spiro atoms. The smallest absolute Gasteiger partial charge is 0.243 e. The molecule has 0 heterocycles. The Bertz CT molecular complexity index is 649. The molecule has 4 atom stereocenters. The molecule has 0 saturated carbocycles. The summed E-state index contributed by atoms with van der Waals surface area (Å²) in [6, 6.07) is -2.96. The average Bonchev–Trinajstić information content (AvgIpc) is 2.64. The molecule has 0 rings (SSSR count). The number of rotatable bonds is 14. The van der Waals surface area contributed by atoms with Crippen molar-refractivity contribution in [2.24, 2.45) is 23.5 Å². The normalized spacial score (nSPS) is 16.8. The highest BCUT2D eigenvalue weighted by Gasteiger charge is 2.49. The first-order valence-corrected chi connectivity index (χ1v) is 11.7. The third-order valence-electron chi connectivity index (χ3n) is 5.42. The van der Waals surface area contributed by atoms with Gasteiger partial charge in [0.05, 0.1) is 18.2 Å². The number of carbonyl (C=O) groups is 3. The maximum Gasteiger partial charge on any atom is 0.243 e. The van der Waals surface area contributed by atoms with Crippen molar-refractivity contribution < 1.29 is 29.7 Å². The van der Waals surface area contributed by atoms with Crippen molar-refractivity contribution in [2.75, 3.05) is 6.61 Å². The third kappa shape index (κ3) is 10.4. The molecule has 8 N–H and O–H groups in total. The molecule has 0 aromatic heterocycles. The highest BCUT2D eigenvalue weighted by molar-refractivity contribution is 5.91. The molecule has 10 nitrogen and oxygen atoms in total. The Morgan fingerprint density at radius 3 is 1.55 bits per heavy atom. The van der Waals surface area contributed by atoms with Gasteiger partial charge in [-0.3, -0.25) is 14.4 Å². The lowest BCUT2D eigenvalue weighted by molar-refractivity contribution is -0.234. The summed E-state index contributed by atoms with van der Waals surface area (Å²) in [6.45, 7) is 13.2. The molecular weight excluding hydrogens is 428 g/mol. The first-order chi connectivity index (χ1) is 14.9. The highest BCUT2D eigenvalue weighted by Crippen LogP contribution is 2.25. The summed E-state index contributed by atoms with van der Waals surface area (Å²) in [5.74, 6) is -3.91. The Hall–Kier alpha value is -1.75. The molecule has 194 valence electrons. The summed E-state index contributed by atoms with van der Waals surface area (Å²) in [7, 11) is 0. The van der Waals surface area contributed by atoms with Crippen LogP contribution in [0.5, 0.6) is 0 Å². The van der Waals surface area contributed by atoms with Crippen molar-refractivity contribution in [1.29, 1.82) is 0 Å². The molecule has 0 aromatic rings. The van der Waals surface area contributed by atoms with Crippen molar-refractivity contribution in [3.8, 4) is 0 Å². The number of aliphatic hydroxyl groups excluding tert-OH is 1. The molecule has 33 heavy (non-hydrogen) atoms. The van der Waals surface area contributed by atoms with Crippen molar-refractivity contribution in [1.82, 2.24) is 16.0 Å². The summed E-state index contributed by atoms with van der Waals surface area (Å²) in [4.78, 5) is 37.7. The van der Waals surface area contributed by atoms with E-state index < -0.39 is 47.9 Å². The summed E-state index contributed by atoms with van der Waals surface area (Å²) in [6.07, 6.45) is 0.871. The zero-order valence-corrected chi connectivity index (χ0v) is 21.4. The van der Waals surface area contributed by atoms with E-state index in [-0.39, 0.29) is 30.1 Å². The van der Waals surface area contributed by atoms with Crippen LogP contribution in [0.25, 0.3) is 0 Å². The maximum atomic E-state index is 13.2. The fraction of sp³-hybridized carbons (Fsp3) is 0.870. The zero-order chi connectivity index (χ0) is 26.1. The third-order valence-corrected chi connectivity index (χ3v) is 5.42. The predicted octanol–water partition coefficient (Wildman–Crippen LogP) is -0.0104. The number of nitrogens with one attached hydrogen (secondary N) is 3. The Kier molecular flexibility index (Phi) is 12.5. The van der Waals surface area contributed by atoms with E-state index in [0.717, 1.165) is 0 Å². The van der Waals surface area contributed by atoms with Crippen LogP contribution in [0.3, 0.4) is 0 Å². The molecule has 0 bridgehead atoms. The minimum atomic E-state index is -2.61. The van der Waals surface area contributed by atoms with Gasteiger partial charge in [-0.05, 0) is 43.9 Å². The van der Waals surface area contributed by atoms with Crippen LogP contribution < -0.4 is 21.7 Å². The largest absolute Gasteiger partial charge is 0.394 e. The molecule has 0 aliphatic rings. The number of aliphatic hydroxyl groups is 3. The van der Waals surface area contributed by atoms with Gasteiger partial charge in [0.1, 0.15) is 12.1 Å². The van der Waals surface area contributed by atoms with E-state index in [0.29, 0.717) is 12.8 Å². The molecular formula is C23H46N4O6. The summed E-state index contributed by atoms with van der Waals surface area (Å²) >= 11 is 0. The van der Waals surface area contributed by atoms with E-state index in [1.165, 1.54) is 13.8 Å². The van der Waals surface area contributed by atoms with Gasteiger partial charge in [-0.15, -0.1) is 0 Å². The van der Waals surface area contributed by atoms with E-state index in [1.807, 2.05) is 41.5 Å². The Balaban J connectivity index is 5.81. The predicted molar refractivity (Wildman–Crippen MR) is 127 cm³/mol. The standard InChI is InChI=1S/C23H46N4O6/c1-13(2)9-17(25-16(7)29)20(30)26-18(10-14(3)4)21(31)27-19(11-15(5)6)23(32,33)22(8,24)12-28/h13-15,17-19,28,32-33H,9-12,24H2,1-8H3,(H,25,29)(H,26,30)(H,27,31)/t17-,18-,19-,22-/m0/s1. The van der Waals surface area contributed by atoms with E-state index >= 15 is 0 Å². The molecule has 0 aliphatic carbocycles. The number of carbonyl (C=O) groups excluding carboxylic acids is 3.